The molecule has 3 aromatic carbocycles. The number of likely N-dealkylation sites (N-methyl/N-ethyl adjacent to an activating group) is 1. The summed E-state index contributed by atoms with van der Waals surface area (Å²) in [5.41, 5.74) is 4.86. The second-order valence-electron chi connectivity index (χ2n) is 16.2. The Labute approximate surface area is 329 Å². The molecule has 4 saturated heterocycles. The van der Waals surface area contributed by atoms with Crippen LogP contribution in [0.5, 0.6) is 5.75 Å². The Balaban J connectivity index is 0.852. The summed E-state index contributed by atoms with van der Waals surface area (Å²) < 4.78 is 0. The summed E-state index contributed by atoms with van der Waals surface area (Å²) in [7, 11) is 2.02. The number of likely N-dealkylation sites (tertiary alicyclic amines) is 1. The minimum Gasteiger partial charge on any atom is -0.507 e. The normalized spacial score (nSPS) is 21.1. The number of aromatic nitrogens is 2. The molecule has 2 N–H and O–H groups in total. The number of phenols is 1. The van der Waals surface area contributed by atoms with Gasteiger partial charge in [-0.25, -0.2) is 0 Å². The SMILES string of the molecule is CN(C(=O)C1(c2ccccc2)CCN(c2cnnc(-c3ccccc3O)c2)CC1)C1CCN(CC2CCN(c3cccc([C@H]4CCC(=O)NC4=O)c3)CC2)CC1. The van der Waals surface area contributed by atoms with E-state index in [2.05, 4.69) is 59.4 Å². The molecule has 0 saturated carbocycles. The van der Waals surface area contributed by atoms with E-state index in [0.29, 0.717) is 55.9 Å². The first-order valence-corrected chi connectivity index (χ1v) is 20.4. The van der Waals surface area contributed by atoms with Crippen molar-refractivity contribution in [2.24, 2.45) is 5.92 Å². The zero-order chi connectivity index (χ0) is 38.6. The molecule has 3 amide bonds. The molecule has 11 nitrogen and oxygen atoms in total. The lowest BCUT2D eigenvalue weighted by atomic mass is 9.71. The highest BCUT2D eigenvalue weighted by Gasteiger charge is 2.46. The van der Waals surface area contributed by atoms with Crippen molar-refractivity contribution in [2.75, 3.05) is 62.7 Å². The summed E-state index contributed by atoms with van der Waals surface area (Å²) in [6, 6.07) is 28.0. The van der Waals surface area contributed by atoms with Crippen molar-refractivity contribution < 1.29 is 19.5 Å². The van der Waals surface area contributed by atoms with Gasteiger partial charge in [0.25, 0.3) is 0 Å². The van der Waals surface area contributed by atoms with Crippen LogP contribution in [-0.4, -0.2) is 102 Å². The van der Waals surface area contributed by atoms with Gasteiger partial charge < -0.3 is 24.7 Å². The maximum atomic E-state index is 14.7. The highest BCUT2D eigenvalue weighted by Crippen LogP contribution is 2.40. The van der Waals surface area contributed by atoms with Crippen LogP contribution in [-0.2, 0) is 19.8 Å². The lowest BCUT2D eigenvalue weighted by Crippen LogP contribution is -2.56. The Morgan fingerprint density at radius 3 is 2.27 bits per heavy atom. The lowest BCUT2D eigenvalue weighted by molar-refractivity contribution is -0.140. The number of nitrogens with one attached hydrogen (secondary N) is 1. The number of piperidine rings is 4. The molecule has 0 unspecified atom stereocenters. The molecule has 1 aromatic heterocycles. The van der Waals surface area contributed by atoms with Gasteiger partial charge in [-0.15, -0.1) is 0 Å². The van der Waals surface area contributed by atoms with Crippen molar-refractivity contribution in [3.05, 3.63) is 102 Å². The van der Waals surface area contributed by atoms with Gasteiger partial charge in [0, 0.05) is 76.6 Å². The fourth-order valence-corrected chi connectivity index (χ4v) is 9.56. The Hall–Kier alpha value is -5.29. The third-order valence-corrected chi connectivity index (χ3v) is 13.0. The summed E-state index contributed by atoms with van der Waals surface area (Å²) in [4.78, 5) is 48.3. The van der Waals surface area contributed by atoms with E-state index in [4.69, 9.17) is 0 Å². The molecule has 5 heterocycles. The third-order valence-electron chi connectivity index (χ3n) is 13.0. The number of anilines is 2. The van der Waals surface area contributed by atoms with Crippen LogP contribution in [0.2, 0.25) is 0 Å². The molecule has 4 aromatic rings. The van der Waals surface area contributed by atoms with E-state index in [9.17, 15) is 19.5 Å². The maximum absolute atomic E-state index is 14.7. The van der Waals surface area contributed by atoms with Crippen molar-refractivity contribution in [3.8, 4) is 17.0 Å². The van der Waals surface area contributed by atoms with Crippen LogP contribution in [0.3, 0.4) is 0 Å². The quantitative estimate of drug-likeness (QED) is 0.206. The van der Waals surface area contributed by atoms with Crippen LogP contribution in [0.4, 0.5) is 11.4 Å². The summed E-state index contributed by atoms with van der Waals surface area (Å²) in [6.07, 6.45) is 8.34. The van der Waals surface area contributed by atoms with E-state index in [1.807, 2.05) is 55.6 Å². The van der Waals surface area contributed by atoms with Crippen molar-refractivity contribution in [2.45, 2.75) is 68.7 Å². The lowest BCUT2D eigenvalue weighted by Gasteiger charge is -2.46. The Kier molecular flexibility index (Phi) is 11.0. The fraction of sp³-hybridized carbons (Fsp3) is 0.444. The molecule has 0 bridgehead atoms. The van der Waals surface area contributed by atoms with Gasteiger partial charge in [-0.1, -0.05) is 54.6 Å². The number of carbonyl (C=O) groups is 3. The number of nitrogens with zero attached hydrogens (tertiary/aromatic N) is 6. The number of hydrogen-bond acceptors (Lipinski definition) is 9. The number of amides is 3. The highest BCUT2D eigenvalue weighted by molar-refractivity contribution is 6.01. The van der Waals surface area contributed by atoms with E-state index in [-0.39, 0.29) is 35.4 Å². The first kappa shape index (κ1) is 37.6. The third kappa shape index (κ3) is 7.87. The topological polar surface area (TPSA) is 122 Å². The molecule has 56 heavy (non-hydrogen) atoms. The smallest absolute Gasteiger partial charge is 0.234 e. The first-order valence-electron chi connectivity index (χ1n) is 20.4. The fourth-order valence-electron chi connectivity index (χ4n) is 9.56. The summed E-state index contributed by atoms with van der Waals surface area (Å²) >= 11 is 0. The van der Waals surface area contributed by atoms with E-state index < -0.39 is 5.41 Å². The zero-order valence-electron chi connectivity index (χ0n) is 32.4. The Morgan fingerprint density at radius 1 is 0.821 bits per heavy atom. The van der Waals surface area contributed by atoms with Gasteiger partial charge in [-0.05, 0) is 92.3 Å². The standard InChI is InChI=1S/C45H53N7O4/c1-49(35-18-22-50(23-19-35)31-32-16-24-51(25-17-32)36-11-7-8-33(28-36)38-14-15-42(54)47-43(38)55)44(56)45(34-9-3-2-4-10-34)20-26-52(27-21-45)37-29-40(48-46-30-37)39-12-5-6-13-41(39)53/h2-13,28-30,32,35,38,53H,14-27,31H2,1H3,(H,47,54,55)/t38-/m1/s1. The molecule has 292 valence electrons. The van der Waals surface area contributed by atoms with Gasteiger partial charge in [-0.3, -0.25) is 19.7 Å². The van der Waals surface area contributed by atoms with Crippen LogP contribution < -0.4 is 15.1 Å². The number of carbonyl (C=O) groups excluding carboxylic acids is 3. The molecule has 0 spiro atoms. The predicted molar refractivity (Wildman–Crippen MR) is 217 cm³/mol. The maximum Gasteiger partial charge on any atom is 0.234 e. The number of aromatic hydroxyl groups is 1. The monoisotopic (exact) mass is 755 g/mol. The van der Waals surface area contributed by atoms with Crippen molar-refractivity contribution in [1.29, 1.82) is 0 Å². The number of imide groups is 1. The van der Waals surface area contributed by atoms with Crippen LogP contribution in [0, 0.1) is 5.92 Å². The minimum atomic E-state index is -0.597. The van der Waals surface area contributed by atoms with Crippen LogP contribution in [0.1, 0.15) is 68.4 Å². The van der Waals surface area contributed by atoms with Crippen LogP contribution >= 0.6 is 0 Å². The molecule has 11 heteroatoms. The Bertz CT molecular complexity index is 2020. The van der Waals surface area contributed by atoms with Crippen LogP contribution in [0.25, 0.3) is 11.3 Å². The second-order valence-corrected chi connectivity index (χ2v) is 16.2. The first-order chi connectivity index (χ1) is 27.3. The molecular weight excluding hydrogens is 703 g/mol. The van der Waals surface area contributed by atoms with Crippen molar-refractivity contribution in [3.63, 3.8) is 0 Å². The number of benzene rings is 3. The van der Waals surface area contributed by atoms with E-state index >= 15 is 0 Å². The molecule has 8 rings (SSSR count). The van der Waals surface area contributed by atoms with Crippen molar-refractivity contribution >= 4 is 29.1 Å². The number of para-hydroxylation sites is 1. The van der Waals surface area contributed by atoms with Gasteiger partial charge in [0.15, 0.2) is 0 Å². The number of phenolic OH excluding ortho intramolecular Hbond substituents is 1. The summed E-state index contributed by atoms with van der Waals surface area (Å²) in [6.45, 7) is 6.49. The largest absolute Gasteiger partial charge is 0.507 e. The second kappa shape index (κ2) is 16.4. The molecule has 0 radical (unpaired) electrons. The van der Waals surface area contributed by atoms with Gasteiger partial charge >= 0.3 is 0 Å². The van der Waals surface area contributed by atoms with E-state index in [1.165, 1.54) is 0 Å². The summed E-state index contributed by atoms with van der Waals surface area (Å²) in [5, 5.41) is 21.5. The molecule has 4 aliphatic heterocycles. The average Bonchev–Trinajstić information content (AvgIpc) is 3.24. The van der Waals surface area contributed by atoms with Gasteiger partial charge in [0.05, 0.1) is 28.9 Å². The molecular formula is C45H53N7O4. The molecule has 4 fully saturated rings. The minimum absolute atomic E-state index is 0.175. The Morgan fingerprint density at radius 2 is 1.54 bits per heavy atom. The van der Waals surface area contributed by atoms with Crippen molar-refractivity contribution in [1.82, 2.24) is 25.3 Å². The van der Waals surface area contributed by atoms with Gasteiger partial charge in [0.2, 0.25) is 17.7 Å². The molecule has 0 aliphatic carbocycles. The van der Waals surface area contributed by atoms with Gasteiger partial charge in [-0.2, -0.15) is 10.2 Å². The van der Waals surface area contributed by atoms with Crippen LogP contribution in [0.15, 0.2) is 91.1 Å². The van der Waals surface area contributed by atoms with Gasteiger partial charge in [0.1, 0.15) is 5.75 Å². The molecule has 4 aliphatic rings. The highest BCUT2D eigenvalue weighted by atomic mass is 16.3. The number of rotatable bonds is 9. The summed E-state index contributed by atoms with van der Waals surface area (Å²) in [5.74, 6) is 0.403. The molecule has 1 atom stereocenters. The number of hydrogen-bond donors (Lipinski definition) is 2. The predicted octanol–water partition coefficient (Wildman–Crippen LogP) is 5.75. The van der Waals surface area contributed by atoms with E-state index in [1.54, 1.807) is 18.3 Å². The van der Waals surface area contributed by atoms with E-state index in [0.717, 1.165) is 80.9 Å². The zero-order valence-corrected chi connectivity index (χ0v) is 32.4. The average molecular weight is 756 g/mol.